The Hall–Kier alpha value is -3.68. The van der Waals surface area contributed by atoms with Crippen molar-refractivity contribution in [1.29, 1.82) is 0 Å². The van der Waals surface area contributed by atoms with E-state index in [1.54, 1.807) is 37.4 Å². The van der Waals surface area contributed by atoms with Crippen molar-refractivity contribution in [2.24, 2.45) is 0 Å². The van der Waals surface area contributed by atoms with Gasteiger partial charge < -0.3 is 16.0 Å². The minimum atomic E-state index is -0.683. The van der Waals surface area contributed by atoms with Crippen LogP contribution in [0.4, 0.5) is 14.9 Å². The molecular formula is C19H16FN5O2. The van der Waals surface area contributed by atoms with Crippen molar-refractivity contribution in [2.45, 2.75) is 13.0 Å². The molecule has 3 amide bonds. The summed E-state index contributed by atoms with van der Waals surface area (Å²) in [6.45, 7) is 1.66. The molecule has 2 aromatic carbocycles. The van der Waals surface area contributed by atoms with E-state index < -0.39 is 12.1 Å². The number of fused-ring (bicyclic) bond motifs is 1. The first-order chi connectivity index (χ1) is 13.0. The van der Waals surface area contributed by atoms with Gasteiger partial charge in [0.05, 0.1) is 23.3 Å². The predicted molar refractivity (Wildman–Crippen MR) is 98.2 cm³/mol. The number of benzene rings is 2. The predicted octanol–water partition coefficient (Wildman–Crippen LogP) is 2.97. The van der Waals surface area contributed by atoms with Crippen molar-refractivity contribution >= 4 is 28.5 Å². The summed E-state index contributed by atoms with van der Waals surface area (Å²) in [5, 5.41) is 15.8. The highest BCUT2D eigenvalue weighted by Crippen LogP contribution is 2.28. The first kappa shape index (κ1) is 16.8. The van der Waals surface area contributed by atoms with Crippen molar-refractivity contribution < 1.29 is 14.0 Å². The van der Waals surface area contributed by atoms with Crippen LogP contribution in [0.15, 0.2) is 59.9 Å². The third kappa shape index (κ3) is 3.24. The number of carbonyl (C=O) groups is 2. The Morgan fingerprint density at radius 2 is 1.96 bits per heavy atom. The lowest BCUT2D eigenvalue weighted by molar-refractivity contribution is -0.113. The Morgan fingerprint density at radius 3 is 2.74 bits per heavy atom. The van der Waals surface area contributed by atoms with Gasteiger partial charge in [-0.15, -0.1) is 0 Å². The van der Waals surface area contributed by atoms with Crippen LogP contribution in [0.25, 0.3) is 10.9 Å². The number of halogens is 1. The monoisotopic (exact) mass is 365 g/mol. The summed E-state index contributed by atoms with van der Waals surface area (Å²) in [4.78, 5) is 24.8. The van der Waals surface area contributed by atoms with Gasteiger partial charge in [0.15, 0.2) is 0 Å². The Kier molecular flexibility index (Phi) is 4.08. The molecule has 27 heavy (non-hydrogen) atoms. The largest absolute Gasteiger partial charge is 0.327 e. The Bertz CT molecular complexity index is 1070. The summed E-state index contributed by atoms with van der Waals surface area (Å²) in [5.74, 6) is -0.753. The molecule has 0 aliphatic carbocycles. The number of urea groups is 1. The number of hydrogen-bond acceptors (Lipinski definition) is 3. The summed E-state index contributed by atoms with van der Waals surface area (Å²) in [7, 11) is 0. The van der Waals surface area contributed by atoms with Crippen LogP contribution in [0, 0.1) is 5.82 Å². The molecule has 0 bridgehead atoms. The summed E-state index contributed by atoms with van der Waals surface area (Å²) in [6, 6.07) is 9.95. The molecule has 1 aliphatic rings. The van der Waals surface area contributed by atoms with Crippen LogP contribution in [-0.2, 0) is 4.79 Å². The number of amides is 3. The molecule has 1 atom stereocenters. The van der Waals surface area contributed by atoms with Gasteiger partial charge in [0.2, 0.25) is 0 Å². The van der Waals surface area contributed by atoms with E-state index in [1.165, 1.54) is 12.1 Å². The van der Waals surface area contributed by atoms with Crippen LogP contribution in [0.1, 0.15) is 18.5 Å². The summed E-state index contributed by atoms with van der Waals surface area (Å²) in [5.41, 5.74) is 2.87. The highest BCUT2D eigenvalue weighted by molar-refractivity contribution is 6.07. The van der Waals surface area contributed by atoms with E-state index in [4.69, 9.17) is 0 Å². The highest BCUT2D eigenvalue weighted by Gasteiger charge is 2.31. The summed E-state index contributed by atoms with van der Waals surface area (Å²) >= 11 is 0. The quantitative estimate of drug-likeness (QED) is 0.574. The fourth-order valence-corrected chi connectivity index (χ4v) is 3.12. The average molecular weight is 365 g/mol. The van der Waals surface area contributed by atoms with E-state index in [1.807, 2.05) is 6.07 Å². The van der Waals surface area contributed by atoms with E-state index in [2.05, 4.69) is 26.1 Å². The van der Waals surface area contributed by atoms with Gasteiger partial charge in [-0.1, -0.05) is 12.1 Å². The summed E-state index contributed by atoms with van der Waals surface area (Å²) < 4.78 is 13.3. The molecule has 0 radical (unpaired) electrons. The zero-order chi connectivity index (χ0) is 19.0. The van der Waals surface area contributed by atoms with E-state index in [0.29, 0.717) is 22.5 Å². The van der Waals surface area contributed by atoms with Crippen LogP contribution >= 0.6 is 0 Å². The van der Waals surface area contributed by atoms with Crippen molar-refractivity contribution in [3.63, 3.8) is 0 Å². The van der Waals surface area contributed by atoms with Gasteiger partial charge in [0, 0.05) is 16.8 Å². The van der Waals surface area contributed by atoms with Gasteiger partial charge in [-0.2, -0.15) is 5.10 Å². The minimum absolute atomic E-state index is 0.355. The average Bonchev–Trinajstić information content (AvgIpc) is 3.09. The maximum Gasteiger partial charge on any atom is 0.319 e. The normalized spacial score (nSPS) is 16.8. The van der Waals surface area contributed by atoms with E-state index in [9.17, 15) is 14.0 Å². The van der Waals surface area contributed by atoms with Crippen molar-refractivity contribution in [3.8, 4) is 0 Å². The molecule has 7 nitrogen and oxygen atoms in total. The first-order valence-corrected chi connectivity index (χ1v) is 8.29. The number of aromatic amines is 1. The topological polar surface area (TPSA) is 98.9 Å². The molecule has 4 N–H and O–H groups in total. The van der Waals surface area contributed by atoms with Crippen LogP contribution in [-0.4, -0.2) is 22.1 Å². The first-order valence-electron chi connectivity index (χ1n) is 8.29. The van der Waals surface area contributed by atoms with E-state index in [0.717, 1.165) is 10.9 Å². The molecule has 0 fully saturated rings. The number of nitrogens with one attached hydrogen (secondary N) is 4. The van der Waals surface area contributed by atoms with Gasteiger partial charge in [-0.3, -0.25) is 9.89 Å². The van der Waals surface area contributed by atoms with E-state index >= 15 is 0 Å². The molecule has 3 aromatic rings. The van der Waals surface area contributed by atoms with Crippen LogP contribution in [0.5, 0.6) is 0 Å². The number of carbonyl (C=O) groups excluding carboxylic acids is 2. The Labute approximate surface area is 153 Å². The third-order valence-corrected chi connectivity index (χ3v) is 4.42. The number of anilines is 1. The fourth-order valence-electron chi connectivity index (χ4n) is 3.12. The second kappa shape index (κ2) is 6.56. The van der Waals surface area contributed by atoms with Gasteiger partial charge >= 0.3 is 6.03 Å². The second-order valence-electron chi connectivity index (χ2n) is 6.25. The SMILES string of the molecule is CC1=C(C(=O)Nc2ccc3[nH]ncc3c2)[C@@H](c2ccc(F)cc2)NC(=O)N1. The number of allylic oxidation sites excluding steroid dienone is 1. The number of H-pyrrole nitrogens is 1. The Morgan fingerprint density at radius 1 is 1.19 bits per heavy atom. The van der Waals surface area contributed by atoms with Crippen molar-refractivity contribution in [3.05, 3.63) is 71.3 Å². The maximum atomic E-state index is 13.3. The lowest BCUT2D eigenvalue weighted by Crippen LogP contribution is -2.45. The van der Waals surface area contributed by atoms with Gasteiger partial charge in [0.1, 0.15) is 5.82 Å². The van der Waals surface area contributed by atoms with Crippen LogP contribution in [0.2, 0.25) is 0 Å². The third-order valence-electron chi connectivity index (χ3n) is 4.42. The highest BCUT2D eigenvalue weighted by atomic mass is 19.1. The van der Waals surface area contributed by atoms with Gasteiger partial charge in [-0.25, -0.2) is 9.18 Å². The van der Waals surface area contributed by atoms with Crippen molar-refractivity contribution in [1.82, 2.24) is 20.8 Å². The lowest BCUT2D eigenvalue weighted by Gasteiger charge is -2.28. The molecule has 8 heteroatoms. The molecule has 0 unspecified atom stereocenters. The minimum Gasteiger partial charge on any atom is -0.327 e. The summed E-state index contributed by atoms with van der Waals surface area (Å²) in [6.07, 6.45) is 1.67. The lowest BCUT2D eigenvalue weighted by atomic mass is 9.95. The molecule has 2 heterocycles. The number of hydrogen-bond donors (Lipinski definition) is 4. The molecule has 0 saturated heterocycles. The maximum absolute atomic E-state index is 13.3. The standard InChI is InChI=1S/C19H16FN5O2/c1-10-16(17(24-19(27)22-10)11-2-4-13(20)5-3-11)18(26)23-14-6-7-15-12(8-14)9-21-25-15/h2-9,17H,1H3,(H,21,25)(H,23,26)(H2,22,24,27)/t17-/m1/s1. The fraction of sp³-hybridized carbons (Fsp3) is 0.105. The molecule has 0 spiro atoms. The zero-order valence-corrected chi connectivity index (χ0v) is 14.3. The molecule has 1 aliphatic heterocycles. The molecule has 4 rings (SSSR count). The van der Waals surface area contributed by atoms with E-state index in [-0.39, 0.29) is 11.7 Å². The smallest absolute Gasteiger partial charge is 0.319 e. The number of nitrogens with zero attached hydrogens (tertiary/aromatic N) is 1. The molecule has 136 valence electrons. The Balaban J connectivity index is 1.66. The van der Waals surface area contributed by atoms with Crippen molar-refractivity contribution in [2.75, 3.05) is 5.32 Å². The molecular weight excluding hydrogens is 349 g/mol. The molecule has 1 aromatic heterocycles. The zero-order valence-electron chi connectivity index (χ0n) is 14.3. The number of aromatic nitrogens is 2. The van der Waals surface area contributed by atoms with Gasteiger partial charge in [-0.05, 0) is 42.8 Å². The van der Waals surface area contributed by atoms with Crippen LogP contribution in [0.3, 0.4) is 0 Å². The number of rotatable bonds is 3. The second-order valence-corrected chi connectivity index (χ2v) is 6.25. The van der Waals surface area contributed by atoms with Crippen LogP contribution < -0.4 is 16.0 Å². The van der Waals surface area contributed by atoms with Gasteiger partial charge in [0.25, 0.3) is 5.91 Å². The molecule has 0 saturated carbocycles.